The highest BCUT2D eigenvalue weighted by atomic mass is 19.4. The Hall–Kier alpha value is -6.02. The highest BCUT2D eigenvalue weighted by molar-refractivity contribution is 5.97. The molecule has 1 unspecified atom stereocenters. The average molecular weight is 857 g/mol. The van der Waals surface area contributed by atoms with E-state index in [1.165, 1.54) is 35.5 Å². The number of ether oxygens (including phenoxy) is 3. The van der Waals surface area contributed by atoms with E-state index in [-0.39, 0.29) is 54.1 Å². The highest BCUT2D eigenvalue weighted by Crippen LogP contribution is 2.45. The van der Waals surface area contributed by atoms with E-state index in [0.29, 0.717) is 47.2 Å². The predicted octanol–water partition coefficient (Wildman–Crippen LogP) is 6.94. The number of fused-ring (bicyclic) bond motifs is 1. The van der Waals surface area contributed by atoms with Crippen molar-refractivity contribution in [1.82, 2.24) is 29.9 Å². The molecule has 0 saturated carbocycles. The summed E-state index contributed by atoms with van der Waals surface area (Å²) in [4.78, 5) is 32.6. The first-order chi connectivity index (χ1) is 29.1. The number of halogens is 7. The fourth-order valence-electron chi connectivity index (χ4n) is 8.48. The van der Waals surface area contributed by atoms with Crippen LogP contribution < -0.4 is 26.1 Å². The third-order valence-electron chi connectivity index (χ3n) is 11.2. The number of nitrogens with one attached hydrogen (secondary N) is 3. The van der Waals surface area contributed by atoms with E-state index in [2.05, 4.69) is 30.6 Å². The summed E-state index contributed by atoms with van der Waals surface area (Å²) in [6.07, 6.45) is -9.67. The summed E-state index contributed by atoms with van der Waals surface area (Å²) in [7, 11) is 1.77. The molecule has 0 amide bonds. The number of rotatable bonds is 13. The van der Waals surface area contributed by atoms with Crippen LogP contribution in [0.4, 0.5) is 42.1 Å². The van der Waals surface area contributed by atoms with Crippen LogP contribution in [-0.2, 0) is 29.1 Å². The highest BCUT2D eigenvalue weighted by Gasteiger charge is 2.51. The molecule has 0 bridgehead atoms. The molecule has 13 nitrogen and oxygen atoms in total. The number of nitrogens with zero attached hydrogens (tertiary/aromatic N) is 5. The summed E-state index contributed by atoms with van der Waals surface area (Å²) < 4.78 is 118. The third kappa shape index (κ3) is 8.50. The zero-order valence-corrected chi connectivity index (χ0v) is 32.6. The smallest absolute Gasteiger partial charge is 0.417 e. The lowest BCUT2D eigenvalue weighted by Crippen LogP contribution is -2.50. The molecule has 2 aliphatic heterocycles. The number of anilines is 2. The molecule has 2 aliphatic rings. The second-order valence-electron chi connectivity index (χ2n) is 15.1. The first kappa shape index (κ1) is 41.7. The molecule has 20 heteroatoms. The first-order valence-corrected chi connectivity index (χ1v) is 19.4. The second kappa shape index (κ2) is 16.4. The van der Waals surface area contributed by atoms with Crippen LogP contribution in [0.5, 0.6) is 5.75 Å². The van der Waals surface area contributed by atoms with Crippen LogP contribution in [0.3, 0.4) is 0 Å². The van der Waals surface area contributed by atoms with Crippen LogP contribution in [0, 0.1) is 5.82 Å². The van der Waals surface area contributed by atoms with Crippen molar-refractivity contribution in [3.8, 4) is 5.75 Å². The first-order valence-electron chi connectivity index (χ1n) is 19.4. The molecule has 0 spiro atoms. The van der Waals surface area contributed by atoms with Gasteiger partial charge in [0.2, 0.25) is 5.56 Å². The summed E-state index contributed by atoms with van der Waals surface area (Å²) in [5.74, 6) is 0.223. The van der Waals surface area contributed by atoms with Gasteiger partial charge in [0.05, 0.1) is 48.5 Å². The average Bonchev–Trinajstić information content (AvgIpc) is 3.80. The van der Waals surface area contributed by atoms with Gasteiger partial charge in [-0.05, 0) is 67.8 Å². The van der Waals surface area contributed by atoms with Crippen LogP contribution >= 0.6 is 0 Å². The Kier molecular flexibility index (Phi) is 11.2. The molecule has 61 heavy (non-hydrogen) atoms. The van der Waals surface area contributed by atoms with Crippen molar-refractivity contribution in [2.75, 3.05) is 36.6 Å². The summed E-state index contributed by atoms with van der Waals surface area (Å²) in [5.41, 5.74) is -0.783. The third-order valence-corrected chi connectivity index (χ3v) is 11.2. The quantitative estimate of drug-likeness (QED) is 0.0823. The van der Waals surface area contributed by atoms with Gasteiger partial charge < -0.3 is 29.4 Å². The van der Waals surface area contributed by atoms with Crippen molar-refractivity contribution in [3.63, 3.8) is 0 Å². The molecule has 3 aromatic heterocycles. The van der Waals surface area contributed by atoms with Gasteiger partial charge in [0.15, 0.2) is 6.10 Å². The molecular weight excluding hydrogens is 817 g/mol. The minimum absolute atomic E-state index is 0.0231. The van der Waals surface area contributed by atoms with Crippen molar-refractivity contribution in [3.05, 3.63) is 116 Å². The summed E-state index contributed by atoms with van der Waals surface area (Å²) in [6, 6.07) is 11.8. The lowest BCUT2D eigenvalue weighted by molar-refractivity contribution is -0.228. The van der Waals surface area contributed by atoms with Crippen LogP contribution in [0.1, 0.15) is 54.4 Å². The van der Waals surface area contributed by atoms with Gasteiger partial charge in [0, 0.05) is 59.2 Å². The number of aromatic nitrogens is 6. The Balaban J connectivity index is 0.883. The standard InChI is InChI=1S/C41H39F7N8O5/c1-21-3-10-32(56(21)24-6-9-30-26(17-24)29(40(43,44)45)19-34(57)51-30)38(41(46,47)48)61-14-12-59-11-13-60-25-7-4-22(5-8-25)36-28(18-33-49-20-50-55(33)2)37-35-27(39(58)54-53-37)15-23(42)16-31(35)52-36/h4-9,15-17,19-21,28,32,36,38,52H,3,10-14,18H2,1-2H3,(H,51,57)(H,54,58)/t21-,28+,32+,36+,38?/m0/s1. The van der Waals surface area contributed by atoms with Crippen molar-refractivity contribution >= 4 is 33.1 Å². The van der Waals surface area contributed by atoms with Crippen LogP contribution in [-0.4, -0.2) is 80.7 Å². The zero-order chi connectivity index (χ0) is 43.2. The zero-order valence-electron chi connectivity index (χ0n) is 32.6. The predicted molar refractivity (Wildman–Crippen MR) is 209 cm³/mol. The minimum atomic E-state index is -4.86. The number of benzene rings is 3. The largest absolute Gasteiger partial charge is 0.491 e. The lowest BCUT2D eigenvalue weighted by atomic mass is 9.82. The minimum Gasteiger partial charge on any atom is -0.491 e. The number of pyridine rings is 1. The van der Waals surface area contributed by atoms with Gasteiger partial charge in [-0.15, -0.1) is 0 Å². The molecule has 1 saturated heterocycles. The molecule has 322 valence electrons. The Labute approximate surface area is 341 Å². The number of hydrogen-bond acceptors (Lipinski definition) is 10. The van der Waals surface area contributed by atoms with Crippen LogP contribution in [0.2, 0.25) is 0 Å². The van der Waals surface area contributed by atoms with Crippen LogP contribution in [0.15, 0.2) is 76.6 Å². The maximum absolute atomic E-state index is 14.6. The van der Waals surface area contributed by atoms with Crippen molar-refractivity contribution in [2.45, 2.75) is 68.7 Å². The molecule has 0 aliphatic carbocycles. The van der Waals surface area contributed by atoms with Crippen molar-refractivity contribution < 1.29 is 44.9 Å². The fourth-order valence-corrected chi connectivity index (χ4v) is 8.48. The second-order valence-corrected chi connectivity index (χ2v) is 15.1. The van der Waals surface area contributed by atoms with Gasteiger partial charge in [0.25, 0.3) is 5.56 Å². The monoisotopic (exact) mass is 856 g/mol. The molecule has 0 radical (unpaired) electrons. The Morgan fingerprint density at radius 2 is 1.69 bits per heavy atom. The van der Waals surface area contributed by atoms with Gasteiger partial charge >= 0.3 is 12.4 Å². The normalized spacial score (nSPS) is 19.7. The van der Waals surface area contributed by atoms with E-state index in [9.17, 15) is 40.3 Å². The number of H-pyrrole nitrogens is 2. The van der Waals surface area contributed by atoms with E-state index >= 15 is 0 Å². The van der Waals surface area contributed by atoms with E-state index in [0.717, 1.165) is 11.6 Å². The number of hydrogen-bond donors (Lipinski definition) is 3. The lowest BCUT2D eigenvalue weighted by Gasteiger charge is -2.36. The fraction of sp³-hybridized carbons (Fsp3) is 0.390. The Bertz CT molecular complexity index is 2670. The van der Waals surface area contributed by atoms with Gasteiger partial charge in [-0.25, -0.2) is 14.5 Å². The Morgan fingerprint density at radius 3 is 2.41 bits per heavy atom. The van der Waals surface area contributed by atoms with Gasteiger partial charge in [-0.3, -0.25) is 14.3 Å². The van der Waals surface area contributed by atoms with E-state index in [1.54, 1.807) is 30.8 Å². The van der Waals surface area contributed by atoms with Crippen LogP contribution in [0.25, 0.3) is 21.7 Å². The van der Waals surface area contributed by atoms with Gasteiger partial charge in [0.1, 0.15) is 30.3 Å². The van der Waals surface area contributed by atoms with E-state index in [4.69, 9.17) is 14.2 Å². The summed E-state index contributed by atoms with van der Waals surface area (Å²) >= 11 is 0. The molecule has 3 N–H and O–H groups in total. The molecule has 6 aromatic rings. The SMILES string of the molecule is C[C@H]1CC[C@H](C(OCCOCCOc2ccc([C@H]3Nc4cc(F)cc5c(=O)[nH]nc(c45)[C@@H]3Cc3ncnn3C)cc2)C(F)(F)F)N1c1ccc2[nH]c(=O)cc(C(F)(F)F)c2c1. The summed E-state index contributed by atoms with van der Waals surface area (Å²) in [6.45, 7) is 1.17. The maximum Gasteiger partial charge on any atom is 0.417 e. The number of aromatic amines is 2. The van der Waals surface area contributed by atoms with Gasteiger partial charge in [-0.1, -0.05) is 12.1 Å². The molecular formula is C41H39F7N8O5. The Morgan fingerprint density at radius 1 is 0.918 bits per heavy atom. The maximum atomic E-state index is 14.6. The molecule has 5 heterocycles. The molecule has 3 aromatic carbocycles. The van der Waals surface area contributed by atoms with E-state index < -0.39 is 65.7 Å². The topological polar surface area (TPSA) is 152 Å². The molecule has 5 atom stereocenters. The van der Waals surface area contributed by atoms with Crippen molar-refractivity contribution in [2.24, 2.45) is 7.05 Å². The van der Waals surface area contributed by atoms with Gasteiger partial charge in [-0.2, -0.15) is 36.5 Å². The van der Waals surface area contributed by atoms with E-state index in [1.807, 2.05) is 12.1 Å². The molecule has 1 fully saturated rings. The number of alkyl halides is 6. The molecule has 8 rings (SSSR count). The number of aryl methyl sites for hydroxylation is 1. The van der Waals surface area contributed by atoms with Crippen molar-refractivity contribution in [1.29, 1.82) is 0 Å². The summed E-state index contributed by atoms with van der Waals surface area (Å²) in [5, 5.41) is 14.8.